The number of halogens is 1. The van der Waals surface area contributed by atoms with Gasteiger partial charge in [0.1, 0.15) is 11.0 Å². The highest BCUT2D eigenvalue weighted by atomic mass is 35.5. The molecule has 1 rings (SSSR count). The minimum absolute atomic E-state index is 0.00846. The molecule has 0 saturated carbocycles. The standard InChI is InChI=1S/C16H28ClN5OS/c1-3-10-22(2)14-11-13(17)20-16(21-14)24-12-15(23)19-9-7-5-4-6-8-18/h11H,3-10,12,18H2,1-2H3,(H,19,23). The molecule has 1 aromatic rings. The number of unbranched alkanes of at least 4 members (excludes halogenated alkanes) is 3. The molecule has 0 unspecified atom stereocenters. The van der Waals surface area contributed by atoms with E-state index < -0.39 is 0 Å². The van der Waals surface area contributed by atoms with Crippen LogP contribution in [-0.2, 0) is 4.79 Å². The van der Waals surface area contributed by atoms with Crippen LogP contribution >= 0.6 is 23.4 Å². The molecular weight excluding hydrogens is 346 g/mol. The van der Waals surface area contributed by atoms with E-state index in [4.69, 9.17) is 17.3 Å². The van der Waals surface area contributed by atoms with Gasteiger partial charge in [-0.2, -0.15) is 0 Å². The van der Waals surface area contributed by atoms with Crippen LogP contribution in [0.15, 0.2) is 11.2 Å². The third-order valence-electron chi connectivity index (χ3n) is 3.40. The fourth-order valence-corrected chi connectivity index (χ4v) is 3.04. The lowest BCUT2D eigenvalue weighted by Crippen LogP contribution is -2.26. The van der Waals surface area contributed by atoms with Crippen molar-refractivity contribution in [1.29, 1.82) is 0 Å². The molecule has 8 heteroatoms. The number of amides is 1. The summed E-state index contributed by atoms with van der Waals surface area (Å²) in [5, 5.41) is 3.83. The Morgan fingerprint density at radius 1 is 1.33 bits per heavy atom. The van der Waals surface area contributed by atoms with Crippen molar-refractivity contribution in [2.24, 2.45) is 5.73 Å². The number of anilines is 1. The molecule has 0 aliphatic carbocycles. The molecule has 0 aliphatic rings. The third kappa shape index (κ3) is 8.70. The zero-order chi connectivity index (χ0) is 17.8. The molecule has 0 aromatic carbocycles. The largest absolute Gasteiger partial charge is 0.360 e. The SMILES string of the molecule is CCCN(C)c1cc(Cl)nc(SCC(=O)NCCCCCCN)n1. The first kappa shape index (κ1) is 21.0. The van der Waals surface area contributed by atoms with Crippen molar-refractivity contribution >= 4 is 35.1 Å². The van der Waals surface area contributed by atoms with Gasteiger partial charge in [0.25, 0.3) is 0 Å². The van der Waals surface area contributed by atoms with Crippen molar-refractivity contribution < 1.29 is 4.79 Å². The highest BCUT2D eigenvalue weighted by molar-refractivity contribution is 7.99. The van der Waals surface area contributed by atoms with E-state index in [1.54, 1.807) is 6.07 Å². The van der Waals surface area contributed by atoms with Gasteiger partial charge < -0.3 is 16.0 Å². The fourth-order valence-electron chi connectivity index (χ4n) is 2.13. The van der Waals surface area contributed by atoms with Crippen LogP contribution in [0.3, 0.4) is 0 Å². The monoisotopic (exact) mass is 373 g/mol. The highest BCUT2D eigenvalue weighted by Crippen LogP contribution is 2.21. The summed E-state index contributed by atoms with van der Waals surface area (Å²) in [6, 6.07) is 1.74. The van der Waals surface area contributed by atoms with Crippen LogP contribution in [-0.4, -0.2) is 48.3 Å². The Balaban J connectivity index is 2.36. The van der Waals surface area contributed by atoms with Gasteiger partial charge >= 0.3 is 0 Å². The van der Waals surface area contributed by atoms with Crippen molar-refractivity contribution in [2.75, 3.05) is 37.3 Å². The number of nitrogens with two attached hydrogens (primary N) is 1. The number of hydrogen-bond acceptors (Lipinski definition) is 6. The Morgan fingerprint density at radius 2 is 2.08 bits per heavy atom. The van der Waals surface area contributed by atoms with Crippen LogP contribution in [0.25, 0.3) is 0 Å². The zero-order valence-corrected chi connectivity index (χ0v) is 16.1. The Labute approximate surface area is 153 Å². The summed E-state index contributed by atoms with van der Waals surface area (Å²) < 4.78 is 0. The van der Waals surface area contributed by atoms with Crippen LogP contribution in [0.4, 0.5) is 5.82 Å². The number of aromatic nitrogens is 2. The lowest BCUT2D eigenvalue weighted by atomic mass is 10.2. The summed E-state index contributed by atoms with van der Waals surface area (Å²) in [5.41, 5.74) is 5.45. The molecule has 0 aliphatic heterocycles. The minimum Gasteiger partial charge on any atom is -0.360 e. The molecule has 0 atom stereocenters. The Morgan fingerprint density at radius 3 is 2.79 bits per heavy atom. The summed E-state index contributed by atoms with van der Waals surface area (Å²) in [7, 11) is 1.97. The van der Waals surface area contributed by atoms with Crippen molar-refractivity contribution in [3.05, 3.63) is 11.2 Å². The molecule has 0 saturated heterocycles. The minimum atomic E-state index is -0.00846. The van der Waals surface area contributed by atoms with Crippen molar-refractivity contribution in [2.45, 2.75) is 44.2 Å². The molecule has 1 aromatic heterocycles. The van der Waals surface area contributed by atoms with Gasteiger partial charge in [0.05, 0.1) is 5.75 Å². The predicted molar refractivity (Wildman–Crippen MR) is 102 cm³/mol. The van der Waals surface area contributed by atoms with E-state index in [9.17, 15) is 4.79 Å². The normalized spacial score (nSPS) is 10.7. The van der Waals surface area contributed by atoms with Gasteiger partial charge in [0, 0.05) is 26.2 Å². The van der Waals surface area contributed by atoms with Gasteiger partial charge in [-0.3, -0.25) is 4.79 Å². The van der Waals surface area contributed by atoms with Crippen molar-refractivity contribution in [1.82, 2.24) is 15.3 Å². The Bertz CT molecular complexity index is 503. The number of nitrogens with zero attached hydrogens (tertiary/aromatic N) is 3. The smallest absolute Gasteiger partial charge is 0.230 e. The Hall–Kier alpha value is -1.05. The van der Waals surface area contributed by atoms with Crippen LogP contribution in [0.5, 0.6) is 0 Å². The van der Waals surface area contributed by atoms with Crippen LogP contribution in [0, 0.1) is 0 Å². The second-order valence-electron chi connectivity index (χ2n) is 5.59. The van der Waals surface area contributed by atoms with Gasteiger partial charge in [0.15, 0.2) is 5.16 Å². The number of thioether (sulfide) groups is 1. The number of carbonyl (C=O) groups excluding carboxylic acids is 1. The molecular formula is C16H28ClN5OS. The Kier molecular flexibility index (Phi) is 10.8. The first-order chi connectivity index (χ1) is 11.6. The number of carbonyl (C=O) groups is 1. The topological polar surface area (TPSA) is 84.1 Å². The molecule has 3 N–H and O–H groups in total. The summed E-state index contributed by atoms with van der Waals surface area (Å²) >= 11 is 7.36. The van der Waals surface area contributed by atoms with E-state index in [0.717, 1.165) is 51.0 Å². The van der Waals surface area contributed by atoms with Gasteiger partial charge in [-0.05, 0) is 25.8 Å². The van der Waals surface area contributed by atoms with Gasteiger partial charge in [0.2, 0.25) is 5.91 Å². The summed E-state index contributed by atoms with van der Waals surface area (Å²) in [4.78, 5) is 22.5. The molecule has 0 spiro atoms. The molecule has 1 heterocycles. The van der Waals surface area contributed by atoms with Crippen LogP contribution < -0.4 is 16.0 Å². The van der Waals surface area contributed by atoms with E-state index in [2.05, 4.69) is 22.2 Å². The number of hydrogen-bond donors (Lipinski definition) is 2. The number of rotatable bonds is 12. The van der Waals surface area contributed by atoms with E-state index >= 15 is 0 Å². The molecule has 0 radical (unpaired) electrons. The van der Waals surface area contributed by atoms with Crippen LogP contribution in [0.1, 0.15) is 39.0 Å². The first-order valence-electron chi connectivity index (χ1n) is 8.42. The molecule has 6 nitrogen and oxygen atoms in total. The van der Waals surface area contributed by atoms with Gasteiger partial charge in [-0.15, -0.1) is 0 Å². The average molecular weight is 374 g/mol. The van der Waals surface area contributed by atoms with E-state index in [1.807, 2.05) is 11.9 Å². The van der Waals surface area contributed by atoms with Gasteiger partial charge in [-0.25, -0.2) is 9.97 Å². The first-order valence-corrected chi connectivity index (χ1v) is 9.78. The maximum atomic E-state index is 11.9. The second-order valence-corrected chi connectivity index (χ2v) is 6.92. The molecule has 136 valence electrons. The molecule has 1 amide bonds. The summed E-state index contributed by atoms with van der Waals surface area (Å²) in [5.74, 6) is 1.06. The van der Waals surface area contributed by atoms with E-state index in [0.29, 0.717) is 22.6 Å². The molecule has 0 fully saturated rings. The molecule has 0 bridgehead atoms. The van der Waals surface area contributed by atoms with E-state index in [1.165, 1.54) is 11.8 Å². The summed E-state index contributed by atoms with van der Waals surface area (Å²) in [6.45, 7) is 4.43. The quantitative estimate of drug-likeness (QED) is 0.253. The maximum Gasteiger partial charge on any atom is 0.230 e. The fraction of sp³-hybridized carbons (Fsp3) is 0.688. The van der Waals surface area contributed by atoms with E-state index in [-0.39, 0.29) is 5.91 Å². The molecule has 24 heavy (non-hydrogen) atoms. The van der Waals surface area contributed by atoms with Gasteiger partial charge in [-0.1, -0.05) is 43.1 Å². The van der Waals surface area contributed by atoms with Crippen molar-refractivity contribution in [3.63, 3.8) is 0 Å². The average Bonchev–Trinajstić information content (AvgIpc) is 2.56. The lowest BCUT2D eigenvalue weighted by Gasteiger charge is -2.17. The third-order valence-corrected chi connectivity index (χ3v) is 4.44. The predicted octanol–water partition coefficient (Wildman–Crippen LogP) is 2.70. The lowest BCUT2D eigenvalue weighted by molar-refractivity contribution is -0.118. The van der Waals surface area contributed by atoms with Crippen LogP contribution in [0.2, 0.25) is 5.15 Å². The summed E-state index contributed by atoms with van der Waals surface area (Å²) in [6.07, 6.45) is 5.26. The maximum absolute atomic E-state index is 11.9. The zero-order valence-electron chi connectivity index (χ0n) is 14.6. The second kappa shape index (κ2) is 12.3. The number of nitrogens with one attached hydrogen (secondary N) is 1. The highest BCUT2D eigenvalue weighted by Gasteiger charge is 2.09. The van der Waals surface area contributed by atoms with Crippen molar-refractivity contribution in [3.8, 4) is 0 Å².